The van der Waals surface area contributed by atoms with Gasteiger partial charge in [0, 0.05) is 38.6 Å². The molecule has 6 aliphatic rings. The number of halogens is 17. The lowest BCUT2D eigenvalue weighted by Crippen LogP contribution is -2.18. The summed E-state index contributed by atoms with van der Waals surface area (Å²) in [4.78, 5) is 145. The van der Waals surface area contributed by atoms with Gasteiger partial charge < -0.3 is 66.3 Å². The monoisotopic (exact) mass is 2870 g/mol. The van der Waals surface area contributed by atoms with Crippen LogP contribution in [-0.2, 0) is 90.4 Å². The van der Waals surface area contributed by atoms with Gasteiger partial charge in [-0.15, -0.1) is 56.9 Å². The Hall–Kier alpha value is -7.48. The van der Waals surface area contributed by atoms with Gasteiger partial charge in [0.25, 0.3) is 0 Å². The molecule has 11 aromatic rings. The van der Waals surface area contributed by atoms with Crippen LogP contribution < -0.4 is 9.47 Å². The second-order valence-corrected chi connectivity index (χ2v) is 47.9. The molecule has 6 atom stereocenters. The van der Waals surface area contributed by atoms with E-state index < -0.39 is 108 Å². The van der Waals surface area contributed by atoms with E-state index in [1.807, 2.05) is 24.3 Å². The molecule has 0 fully saturated rings. The maximum Gasteiger partial charge on any atom is 0.348 e. The third-order valence-electron chi connectivity index (χ3n) is 19.4. The van der Waals surface area contributed by atoms with Crippen LogP contribution in [0.4, 0.5) is 0 Å². The summed E-state index contributed by atoms with van der Waals surface area (Å²) in [6.45, 7) is -0.217. The quantitative estimate of drug-likeness (QED) is 0.0262. The number of hydrogen-bond donors (Lipinski definition) is 0. The predicted molar refractivity (Wildman–Crippen MR) is 588 cm³/mol. The van der Waals surface area contributed by atoms with E-state index in [4.69, 9.17) is 136 Å². The van der Waals surface area contributed by atoms with Crippen LogP contribution in [0, 0.1) is 0 Å². The number of carbonyl (C=O) groups is 12. The minimum Gasteiger partial charge on any atom is -0.496 e. The summed E-state index contributed by atoms with van der Waals surface area (Å²) in [5.41, 5.74) is 7.01. The van der Waals surface area contributed by atoms with Gasteiger partial charge in [0.1, 0.15) is 70.6 Å². The average molecular weight is 2880 g/mol. The van der Waals surface area contributed by atoms with Gasteiger partial charge in [0.2, 0.25) is 0 Å². The number of rotatable bonds is 27. The normalized spacial score (nSPS) is 16.7. The van der Waals surface area contributed by atoms with Crippen molar-refractivity contribution in [2.75, 3.05) is 59.7 Å². The number of esters is 12. The summed E-state index contributed by atoms with van der Waals surface area (Å²) >= 11 is 78.2. The zero-order valence-corrected chi connectivity index (χ0v) is 98.8. The number of alkyl halides is 1. The molecule has 0 amide bonds. The van der Waals surface area contributed by atoms with Gasteiger partial charge in [-0.3, -0.25) is 4.79 Å². The number of ether oxygens (including phenoxy) is 14. The Balaban J connectivity index is 0.000000154. The van der Waals surface area contributed by atoms with Crippen LogP contribution in [0.5, 0.6) is 11.5 Å². The van der Waals surface area contributed by atoms with Crippen LogP contribution in [0.1, 0.15) is 88.8 Å². The first-order chi connectivity index (χ1) is 68.7. The molecule has 0 aliphatic carbocycles. The Bertz CT molecular complexity index is 6780. The summed E-state index contributed by atoms with van der Waals surface area (Å²) in [7, 11) is 3.14. The van der Waals surface area contributed by atoms with Crippen molar-refractivity contribution in [2.45, 2.75) is 43.0 Å². The minimum atomic E-state index is -0.646. The van der Waals surface area contributed by atoms with E-state index in [0.717, 1.165) is 52.0 Å². The molecular weight excluding hydrogens is 2820 g/mol. The van der Waals surface area contributed by atoms with Crippen molar-refractivity contribution in [1.82, 2.24) is 0 Å². The Morgan fingerprint density at radius 2 is 0.611 bits per heavy atom. The number of cyclic esters (lactones) is 6. The molecule has 144 heavy (non-hydrogen) atoms. The van der Waals surface area contributed by atoms with Crippen LogP contribution in [0.3, 0.4) is 0 Å². The second kappa shape index (κ2) is 54.8. The van der Waals surface area contributed by atoms with Crippen molar-refractivity contribution >= 4 is 407 Å². The third kappa shape index (κ3) is 32.3. The van der Waals surface area contributed by atoms with Gasteiger partial charge in [-0.25, -0.2) is 52.7 Å². The Kier molecular flexibility index (Phi) is 43.9. The molecule has 0 bridgehead atoms. The lowest BCUT2D eigenvalue weighted by atomic mass is 10.1. The minimum absolute atomic E-state index is 0.0127. The van der Waals surface area contributed by atoms with Crippen LogP contribution in [0.25, 0.3) is 33.4 Å². The fourth-order valence-electron chi connectivity index (χ4n) is 12.7. The first-order valence-corrected chi connectivity index (χ1v) is 56.1. The molecule has 0 spiro atoms. The molecule has 26 nitrogen and oxygen atoms in total. The maximum absolute atomic E-state index is 12.1. The van der Waals surface area contributed by atoms with Gasteiger partial charge in [-0.2, -0.15) is 11.3 Å². The average Bonchev–Trinajstić information content (AvgIpc) is 1.65. The van der Waals surface area contributed by atoms with Crippen molar-refractivity contribution in [3.8, 4) is 11.5 Å². The maximum atomic E-state index is 12.1. The highest BCUT2D eigenvalue weighted by atomic mass is 79.9. The van der Waals surface area contributed by atoms with Gasteiger partial charge in [0.05, 0.1) is 104 Å². The highest BCUT2D eigenvalue weighted by molar-refractivity contribution is 9.14. The molecule has 750 valence electrons. The lowest BCUT2D eigenvalue weighted by molar-refractivity contribution is -0.151. The number of benzene rings is 6. The number of methoxy groups -OCH3 is 2. The van der Waals surface area contributed by atoms with Crippen molar-refractivity contribution in [3.63, 3.8) is 0 Å². The zero-order valence-electron chi connectivity index (χ0n) is 72.8. The fraction of sp³-hybridized carbons (Fsp3) is 0.167. The molecule has 6 unspecified atom stereocenters. The van der Waals surface area contributed by atoms with E-state index in [0.29, 0.717) is 123 Å². The van der Waals surface area contributed by atoms with Crippen molar-refractivity contribution < 1.29 is 124 Å². The van der Waals surface area contributed by atoms with Crippen molar-refractivity contribution in [1.29, 1.82) is 0 Å². The van der Waals surface area contributed by atoms with E-state index in [1.54, 1.807) is 189 Å². The van der Waals surface area contributed by atoms with Crippen LogP contribution in [-0.4, -0.2) is 168 Å². The van der Waals surface area contributed by atoms with Gasteiger partial charge >= 0.3 is 71.6 Å². The topological polar surface area (TPSA) is 334 Å². The summed E-state index contributed by atoms with van der Waals surface area (Å²) in [6.07, 6.45) is 6.31. The molecule has 48 heteroatoms. The molecule has 6 aromatic carbocycles. The Labute approximate surface area is 962 Å². The second-order valence-electron chi connectivity index (χ2n) is 29.2. The smallest absolute Gasteiger partial charge is 0.348 e. The summed E-state index contributed by atoms with van der Waals surface area (Å²) < 4.78 is 81.4. The first-order valence-electron chi connectivity index (χ1n) is 40.8. The molecule has 0 radical (unpaired) electrons. The molecule has 6 aliphatic heterocycles. The first kappa shape index (κ1) is 115. The lowest BCUT2D eigenvalue weighted by Gasteiger charge is -2.08. The van der Waals surface area contributed by atoms with Crippen LogP contribution >= 0.6 is 302 Å². The van der Waals surface area contributed by atoms with E-state index in [2.05, 4.69) is 175 Å². The molecular formula is C96H61Br11Cl6O26S5. The van der Waals surface area contributed by atoms with Crippen LogP contribution in [0.2, 0.25) is 25.1 Å². The van der Waals surface area contributed by atoms with E-state index in [9.17, 15) is 57.5 Å². The zero-order chi connectivity index (χ0) is 104. The fourth-order valence-corrected chi connectivity index (χ4v) is 23.4. The van der Waals surface area contributed by atoms with Gasteiger partial charge in [-0.05, 0) is 338 Å². The predicted octanol–water partition coefficient (Wildman–Crippen LogP) is 28.4. The highest BCUT2D eigenvalue weighted by Crippen LogP contribution is 2.42. The largest absolute Gasteiger partial charge is 0.496 e. The molecule has 5 aromatic heterocycles. The number of carbonyl (C=O) groups excluding carboxylic acids is 12. The SMILES string of the molecule is COc1ccc(C2=CC(COC(=O)c3cc(Br)c(Br)s3)OC2=O)cc1Br.COc1ccc(C2=CC(COC(=O)c3ccsc3)OC2=O)cc1Br.O=C(CCCl)OCC1C=C(c2ccc(Cl)c(Cl)c2)C(=O)O1.O=C1OC(COC(=O)c2cc(Br)c(Br)s2)C=C1c1ccc(Cl)c(Cl)c1.O=C1OC(COC(=O)c2cc(Br)c(Br)s2)C=C1c1cccc(Br)c1.O=C1OC(COC(=O)c2cc(Br)c(Br)s2)C=C1c1cccc(Cl)c1. The molecule has 17 rings (SSSR count). The van der Waals surface area contributed by atoms with E-state index in [1.165, 1.54) is 56.7 Å². The number of thiophene rings is 5. The van der Waals surface area contributed by atoms with Crippen molar-refractivity contribution in [2.24, 2.45) is 0 Å². The molecule has 11 heterocycles. The summed E-state index contributed by atoms with van der Waals surface area (Å²) in [6, 6.07) is 43.0. The number of hydrogen-bond acceptors (Lipinski definition) is 31. The van der Waals surface area contributed by atoms with Gasteiger partial charge in [-0.1, -0.05) is 122 Å². The van der Waals surface area contributed by atoms with E-state index >= 15 is 0 Å². The molecule has 0 saturated heterocycles. The standard InChI is InChI=1S/C17H11Br3O5S.C17H13BrO5S.C16H9Br3O4S.C16H8Br2Cl2O4S.C16H9Br2ClO4S.C14H11Cl3O4/c1-23-13-3-2-8(4-11(13)18)10-5-9(25-16(10)21)7-24-17(22)14-6-12(19)15(20)26-14;1-21-15-3-2-10(6-14(15)18)13-7-12(23-17(13)20)8-22-16(19)11-4-5-24-9-11;17-9-3-1-2-8(4-9)11-5-10(23-15(11)20)7-22-16(21)13-6-12(18)14(19)24-13;17-10-5-13(25-14(10)18)16(22)23-6-8-4-9(15(21)24-8)7-1-2-11(19)12(20)3-7;17-12-6-13(24-14(12)18)16(21)22-7-10-5-11(15(20)23-10)8-2-1-3-9(19)4-8;15-4-3-13(18)20-7-9-6-10(14(19)21-9)8-1-2-11(16)12(17)5-8/h2-6,9H,7H2,1H3;2-7,9,12H,8H2,1H3;1-6,10H,7H2;1-5,8H,6H2;1-6,10H,7H2;1-2,5-6,9H,3-4,7H2. The van der Waals surface area contributed by atoms with Crippen molar-refractivity contribution in [3.05, 3.63) is 329 Å². The molecule has 0 saturated carbocycles. The van der Waals surface area contributed by atoms with E-state index in [-0.39, 0.29) is 51.9 Å². The Morgan fingerprint density at radius 3 is 0.882 bits per heavy atom. The summed E-state index contributed by atoms with van der Waals surface area (Å²) in [5, 5.41) is 5.53. The highest BCUT2D eigenvalue weighted by Gasteiger charge is 2.36. The molecule has 0 N–H and O–H groups in total. The third-order valence-corrected chi connectivity index (χ3v) is 36.6. The summed E-state index contributed by atoms with van der Waals surface area (Å²) in [5.74, 6) is -3.97. The van der Waals surface area contributed by atoms with Crippen LogP contribution in [0.15, 0.2) is 245 Å². The van der Waals surface area contributed by atoms with Gasteiger partial charge in [0.15, 0.2) is 36.6 Å². The Morgan fingerprint density at radius 1 is 0.319 bits per heavy atom.